The summed E-state index contributed by atoms with van der Waals surface area (Å²) in [5.41, 5.74) is 4.25. The third-order valence-corrected chi connectivity index (χ3v) is 3.34. The van der Waals surface area contributed by atoms with Crippen molar-refractivity contribution < 1.29 is 9.59 Å². The summed E-state index contributed by atoms with van der Waals surface area (Å²) in [6, 6.07) is 10.5. The fourth-order valence-electron chi connectivity index (χ4n) is 1.85. The number of aromatic nitrogens is 1. The van der Waals surface area contributed by atoms with Crippen molar-refractivity contribution >= 4 is 29.1 Å². The molecule has 0 saturated carbocycles. The van der Waals surface area contributed by atoms with Gasteiger partial charge in [-0.3, -0.25) is 14.6 Å². The predicted octanol–water partition coefficient (Wildman–Crippen LogP) is 2.55. The van der Waals surface area contributed by atoms with E-state index in [1.165, 1.54) is 6.20 Å². The maximum Gasteiger partial charge on any atom is 0.272 e. The van der Waals surface area contributed by atoms with E-state index in [4.69, 9.17) is 11.6 Å². The average Bonchev–Trinajstić information content (AvgIpc) is 2.60. The first-order chi connectivity index (χ1) is 11.5. The molecule has 0 radical (unpaired) electrons. The molecule has 1 heterocycles. The van der Waals surface area contributed by atoms with E-state index in [1.807, 2.05) is 12.1 Å². The Bertz CT molecular complexity index is 730. The number of nitrogens with one attached hydrogen (secondary N) is 2. The minimum absolute atomic E-state index is 0.0981. The summed E-state index contributed by atoms with van der Waals surface area (Å²) in [6.45, 7) is 2.08. The molecule has 2 N–H and O–H groups in total. The summed E-state index contributed by atoms with van der Waals surface area (Å²) in [6.07, 6.45) is 3.12. The molecule has 2 amide bonds. The van der Waals surface area contributed by atoms with Crippen LogP contribution < -0.4 is 10.7 Å². The number of rotatable bonds is 6. The van der Waals surface area contributed by atoms with E-state index < -0.39 is 0 Å². The second kappa shape index (κ2) is 8.79. The summed E-state index contributed by atoms with van der Waals surface area (Å²) in [5, 5.41) is 7.35. The molecular formula is C17H17ClN4O2. The number of carbonyl (C=O) groups is 2. The summed E-state index contributed by atoms with van der Waals surface area (Å²) in [4.78, 5) is 27.5. The molecule has 1 aromatic heterocycles. The van der Waals surface area contributed by atoms with Crippen LogP contribution in [0.25, 0.3) is 0 Å². The highest BCUT2D eigenvalue weighted by atomic mass is 35.5. The van der Waals surface area contributed by atoms with Gasteiger partial charge in [0.05, 0.1) is 12.0 Å². The topological polar surface area (TPSA) is 83.5 Å². The Hall–Kier alpha value is -2.73. The first-order valence-electron chi connectivity index (χ1n) is 7.29. The molecule has 0 spiro atoms. The number of hydrogen-bond donors (Lipinski definition) is 2. The average molecular weight is 345 g/mol. The van der Waals surface area contributed by atoms with E-state index >= 15 is 0 Å². The quantitative estimate of drug-likeness (QED) is 0.624. The molecule has 2 aromatic rings. The number of pyridine rings is 1. The van der Waals surface area contributed by atoms with Crippen LogP contribution in [0, 0.1) is 0 Å². The van der Waals surface area contributed by atoms with E-state index in [1.54, 1.807) is 37.4 Å². The number of hydrogen-bond acceptors (Lipinski definition) is 4. The van der Waals surface area contributed by atoms with E-state index in [-0.39, 0.29) is 18.2 Å². The highest BCUT2D eigenvalue weighted by molar-refractivity contribution is 6.30. The van der Waals surface area contributed by atoms with Gasteiger partial charge in [0.1, 0.15) is 0 Å². The molecule has 0 bridgehead atoms. The zero-order valence-corrected chi connectivity index (χ0v) is 13.9. The fourth-order valence-corrected chi connectivity index (χ4v) is 1.97. The minimum Gasteiger partial charge on any atom is -0.352 e. The van der Waals surface area contributed by atoms with Gasteiger partial charge >= 0.3 is 0 Å². The Morgan fingerprint density at radius 3 is 2.62 bits per heavy atom. The monoisotopic (exact) mass is 344 g/mol. The van der Waals surface area contributed by atoms with E-state index in [0.29, 0.717) is 22.8 Å². The number of benzene rings is 1. The molecule has 1 aromatic carbocycles. The summed E-state index contributed by atoms with van der Waals surface area (Å²) in [7, 11) is 0. The third-order valence-electron chi connectivity index (χ3n) is 3.09. The van der Waals surface area contributed by atoms with Crippen LogP contribution in [0.2, 0.25) is 5.02 Å². The third kappa shape index (κ3) is 5.81. The van der Waals surface area contributed by atoms with E-state index in [2.05, 4.69) is 20.8 Å². The van der Waals surface area contributed by atoms with Crippen molar-refractivity contribution in [1.82, 2.24) is 15.7 Å². The molecule has 0 atom stereocenters. The van der Waals surface area contributed by atoms with E-state index in [0.717, 1.165) is 5.56 Å². The molecule has 6 nitrogen and oxygen atoms in total. The Morgan fingerprint density at radius 1 is 1.21 bits per heavy atom. The van der Waals surface area contributed by atoms with Crippen LogP contribution >= 0.6 is 11.6 Å². The normalized spacial score (nSPS) is 11.0. The van der Waals surface area contributed by atoms with Crippen molar-refractivity contribution in [3.05, 3.63) is 64.9 Å². The van der Waals surface area contributed by atoms with Gasteiger partial charge in [0, 0.05) is 29.7 Å². The second-order valence-electron chi connectivity index (χ2n) is 5.11. The number of amides is 2. The van der Waals surface area contributed by atoms with Crippen LogP contribution in [0.3, 0.4) is 0 Å². The minimum atomic E-state index is -0.371. The molecule has 0 aliphatic heterocycles. The van der Waals surface area contributed by atoms with Crippen LogP contribution in [-0.2, 0) is 11.3 Å². The molecule has 0 unspecified atom stereocenters. The predicted molar refractivity (Wildman–Crippen MR) is 92.7 cm³/mol. The van der Waals surface area contributed by atoms with Gasteiger partial charge in [0.25, 0.3) is 5.91 Å². The molecule has 24 heavy (non-hydrogen) atoms. The first-order valence-corrected chi connectivity index (χ1v) is 7.67. The van der Waals surface area contributed by atoms with Gasteiger partial charge in [0.15, 0.2) is 0 Å². The highest BCUT2D eigenvalue weighted by Crippen LogP contribution is 2.09. The van der Waals surface area contributed by atoms with Crippen LogP contribution in [0.4, 0.5) is 0 Å². The van der Waals surface area contributed by atoms with Gasteiger partial charge in [-0.15, -0.1) is 0 Å². The van der Waals surface area contributed by atoms with Crippen molar-refractivity contribution in [2.45, 2.75) is 19.9 Å². The Morgan fingerprint density at radius 2 is 1.96 bits per heavy atom. The number of nitrogens with zero attached hydrogens (tertiary/aromatic N) is 2. The largest absolute Gasteiger partial charge is 0.352 e. The van der Waals surface area contributed by atoms with Crippen molar-refractivity contribution in [2.24, 2.45) is 5.10 Å². The first kappa shape index (κ1) is 17.6. The summed E-state index contributed by atoms with van der Waals surface area (Å²) >= 11 is 5.81. The summed E-state index contributed by atoms with van der Waals surface area (Å²) < 4.78 is 0. The molecule has 0 fully saturated rings. The Kier molecular flexibility index (Phi) is 6.45. The zero-order chi connectivity index (χ0) is 17.4. The Balaban J connectivity index is 1.78. The van der Waals surface area contributed by atoms with Crippen LogP contribution in [0.15, 0.2) is 53.9 Å². The van der Waals surface area contributed by atoms with Crippen molar-refractivity contribution in [3.63, 3.8) is 0 Å². The lowest BCUT2D eigenvalue weighted by molar-refractivity contribution is -0.120. The van der Waals surface area contributed by atoms with Gasteiger partial charge in [-0.1, -0.05) is 23.7 Å². The van der Waals surface area contributed by atoms with Gasteiger partial charge < -0.3 is 5.32 Å². The number of hydrazone groups is 1. The second-order valence-corrected chi connectivity index (χ2v) is 5.55. The molecule has 124 valence electrons. The smallest absolute Gasteiger partial charge is 0.272 e. The molecule has 0 aliphatic rings. The zero-order valence-electron chi connectivity index (χ0n) is 13.1. The van der Waals surface area contributed by atoms with Crippen molar-refractivity contribution in [3.8, 4) is 0 Å². The SMILES string of the molecule is C/C(CC(=O)NCc1ccc(Cl)cc1)=N\NC(=O)c1cccnc1. The highest BCUT2D eigenvalue weighted by Gasteiger charge is 2.06. The van der Waals surface area contributed by atoms with Crippen molar-refractivity contribution in [2.75, 3.05) is 0 Å². The lowest BCUT2D eigenvalue weighted by Gasteiger charge is -2.06. The molecule has 2 rings (SSSR count). The van der Waals surface area contributed by atoms with Gasteiger partial charge in [-0.05, 0) is 36.8 Å². The Labute approximate surface area is 144 Å². The molecule has 0 saturated heterocycles. The van der Waals surface area contributed by atoms with Gasteiger partial charge in [-0.2, -0.15) is 5.10 Å². The van der Waals surface area contributed by atoms with Crippen molar-refractivity contribution in [1.29, 1.82) is 0 Å². The van der Waals surface area contributed by atoms with Gasteiger partial charge in [0.2, 0.25) is 5.91 Å². The van der Waals surface area contributed by atoms with Gasteiger partial charge in [-0.25, -0.2) is 5.43 Å². The summed E-state index contributed by atoms with van der Waals surface area (Å²) in [5.74, 6) is -0.550. The van der Waals surface area contributed by atoms with Crippen LogP contribution in [-0.4, -0.2) is 22.5 Å². The van der Waals surface area contributed by atoms with Crippen LogP contribution in [0.5, 0.6) is 0 Å². The van der Waals surface area contributed by atoms with Crippen LogP contribution in [0.1, 0.15) is 29.3 Å². The number of carbonyl (C=O) groups excluding carboxylic acids is 2. The number of halogens is 1. The fraction of sp³-hybridized carbons (Fsp3) is 0.176. The standard InChI is InChI=1S/C17H17ClN4O2/c1-12(21-22-17(24)14-3-2-8-19-11-14)9-16(23)20-10-13-4-6-15(18)7-5-13/h2-8,11H,9-10H2,1H3,(H,20,23)(H,22,24)/b21-12+. The molecular weight excluding hydrogens is 328 g/mol. The molecule has 7 heteroatoms. The lowest BCUT2D eigenvalue weighted by atomic mass is 10.2. The van der Waals surface area contributed by atoms with E-state index in [9.17, 15) is 9.59 Å². The molecule has 0 aliphatic carbocycles. The lowest BCUT2D eigenvalue weighted by Crippen LogP contribution is -2.26. The maximum atomic E-state index is 11.9. The maximum absolute atomic E-state index is 11.9.